The zero-order chi connectivity index (χ0) is 29.7. The first-order valence-electron chi connectivity index (χ1n) is 13.0. The number of carboxylic acid groups (broad SMARTS) is 1. The van der Waals surface area contributed by atoms with Crippen LogP contribution in [0.5, 0.6) is 5.75 Å². The number of methoxy groups -OCH3 is 1. The van der Waals surface area contributed by atoms with Gasteiger partial charge in [-0.3, -0.25) is 4.79 Å². The maximum absolute atomic E-state index is 13.4. The number of para-hydroxylation sites is 2. The van der Waals surface area contributed by atoms with Crippen LogP contribution in [0.25, 0.3) is 22.2 Å². The van der Waals surface area contributed by atoms with Gasteiger partial charge in [0.1, 0.15) is 16.7 Å². The van der Waals surface area contributed by atoms with E-state index < -0.39 is 28.4 Å². The maximum atomic E-state index is 13.4. The van der Waals surface area contributed by atoms with Gasteiger partial charge in [0, 0.05) is 5.69 Å². The van der Waals surface area contributed by atoms with Gasteiger partial charge in [0.2, 0.25) is 22.3 Å². The Labute approximate surface area is 242 Å². The maximum Gasteiger partial charge on any atom is 0.322 e. The number of H-pyrrole nitrogens is 1. The highest BCUT2D eigenvalue weighted by Gasteiger charge is 2.28. The zero-order valence-electron chi connectivity index (χ0n) is 22.5. The SMILES string of the molecule is COc1ccc(-c2cccc(NC(O)Nc3nc4ccccc4[nH]3)c2)cc1S(=O)(=O)NC(Cc1ccccc1)C(=O)O. The Kier molecular flexibility index (Phi) is 8.38. The molecule has 0 spiro atoms. The molecular formula is C30H29N5O6S. The van der Waals surface area contributed by atoms with Crippen LogP contribution in [-0.4, -0.2) is 54.1 Å². The second kappa shape index (κ2) is 12.3. The van der Waals surface area contributed by atoms with Crippen LogP contribution >= 0.6 is 0 Å². The molecule has 0 fully saturated rings. The Morgan fingerprint density at radius 3 is 2.40 bits per heavy atom. The summed E-state index contributed by atoms with van der Waals surface area (Å²) in [7, 11) is -2.96. The summed E-state index contributed by atoms with van der Waals surface area (Å²) in [6.45, 7) is 0. The van der Waals surface area contributed by atoms with Crippen LogP contribution in [0.15, 0.2) is 102 Å². The summed E-state index contributed by atoms with van der Waals surface area (Å²) in [5.41, 5.74) is 3.99. The van der Waals surface area contributed by atoms with E-state index >= 15 is 0 Å². The fourth-order valence-corrected chi connectivity index (χ4v) is 5.86. The number of carbonyl (C=O) groups is 1. The molecular weight excluding hydrogens is 558 g/mol. The van der Waals surface area contributed by atoms with Crippen molar-refractivity contribution in [3.63, 3.8) is 0 Å². The van der Waals surface area contributed by atoms with E-state index in [1.54, 1.807) is 60.7 Å². The monoisotopic (exact) mass is 587 g/mol. The van der Waals surface area contributed by atoms with Crippen LogP contribution in [0.3, 0.4) is 0 Å². The largest absolute Gasteiger partial charge is 0.495 e. The number of fused-ring (bicyclic) bond motifs is 1. The van der Waals surface area contributed by atoms with Crippen molar-refractivity contribution < 1.29 is 28.2 Å². The van der Waals surface area contributed by atoms with Crippen LogP contribution in [0, 0.1) is 0 Å². The number of nitrogens with zero attached hydrogens (tertiary/aromatic N) is 1. The molecule has 5 aromatic rings. The summed E-state index contributed by atoms with van der Waals surface area (Å²) in [4.78, 5) is 19.2. The number of aliphatic carboxylic acids is 1. The molecule has 0 saturated heterocycles. The van der Waals surface area contributed by atoms with Crippen molar-refractivity contribution >= 4 is 38.7 Å². The fraction of sp³-hybridized carbons (Fsp3) is 0.133. The Bertz CT molecular complexity index is 1780. The van der Waals surface area contributed by atoms with Crippen molar-refractivity contribution in [3.05, 3.63) is 103 Å². The molecule has 1 heterocycles. The number of aliphatic hydroxyl groups excluding tert-OH is 1. The molecule has 0 aliphatic carbocycles. The highest BCUT2D eigenvalue weighted by Crippen LogP contribution is 2.31. The zero-order valence-corrected chi connectivity index (χ0v) is 23.3. The Morgan fingerprint density at radius 2 is 1.67 bits per heavy atom. The molecule has 0 saturated carbocycles. The number of anilines is 2. The molecule has 0 bridgehead atoms. The second-order valence-corrected chi connectivity index (χ2v) is 11.1. The molecule has 0 radical (unpaired) electrons. The predicted molar refractivity (Wildman–Crippen MR) is 160 cm³/mol. The quantitative estimate of drug-likeness (QED) is 0.118. The number of sulfonamides is 1. The van der Waals surface area contributed by atoms with Gasteiger partial charge in [0.25, 0.3) is 0 Å². The summed E-state index contributed by atoms with van der Waals surface area (Å²) in [6.07, 6.45) is -1.22. The first kappa shape index (κ1) is 28.6. The van der Waals surface area contributed by atoms with Gasteiger partial charge in [-0.15, -0.1) is 0 Å². The number of hydrogen-bond donors (Lipinski definition) is 6. The van der Waals surface area contributed by atoms with E-state index in [-0.39, 0.29) is 17.1 Å². The third-order valence-electron chi connectivity index (χ3n) is 6.49. The lowest BCUT2D eigenvalue weighted by Gasteiger charge is -2.18. The van der Waals surface area contributed by atoms with E-state index in [0.717, 1.165) is 11.0 Å². The van der Waals surface area contributed by atoms with Gasteiger partial charge in [-0.05, 0) is 59.5 Å². The minimum Gasteiger partial charge on any atom is -0.495 e. The van der Waals surface area contributed by atoms with E-state index in [1.165, 1.54) is 19.2 Å². The van der Waals surface area contributed by atoms with Crippen molar-refractivity contribution in [3.8, 4) is 16.9 Å². The lowest BCUT2D eigenvalue weighted by Crippen LogP contribution is -2.42. The van der Waals surface area contributed by atoms with Crippen LogP contribution in [-0.2, 0) is 21.2 Å². The van der Waals surface area contributed by atoms with E-state index in [1.807, 2.05) is 24.3 Å². The van der Waals surface area contributed by atoms with E-state index in [0.29, 0.717) is 28.3 Å². The van der Waals surface area contributed by atoms with Crippen molar-refractivity contribution in [1.82, 2.24) is 14.7 Å². The number of aromatic nitrogens is 2. The molecule has 2 unspecified atom stereocenters. The van der Waals surface area contributed by atoms with Crippen molar-refractivity contribution in [2.45, 2.75) is 23.7 Å². The number of hydrogen-bond acceptors (Lipinski definition) is 8. The van der Waals surface area contributed by atoms with Gasteiger partial charge in [-0.1, -0.05) is 60.7 Å². The van der Waals surface area contributed by atoms with Gasteiger partial charge in [0.15, 0.2) is 0 Å². The third kappa shape index (κ3) is 6.69. The van der Waals surface area contributed by atoms with Gasteiger partial charge in [-0.2, -0.15) is 4.72 Å². The first-order valence-corrected chi connectivity index (χ1v) is 14.4. The summed E-state index contributed by atoms with van der Waals surface area (Å²) in [5.74, 6) is -0.849. The summed E-state index contributed by atoms with van der Waals surface area (Å²) >= 11 is 0. The highest BCUT2D eigenvalue weighted by atomic mass is 32.2. The van der Waals surface area contributed by atoms with Crippen molar-refractivity contribution in [1.29, 1.82) is 0 Å². The minimum atomic E-state index is -4.30. The van der Waals surface area contributed by atoms with E-state index in [2.05, 4.69) is 25.3 Å². The molecule has 5 rings (SSSR count). The number of ether oxygens (including phenoxy) is 1. The highest BCUT2D eigenvalue weighted by molar-refractivity contribution is 7.89. The topological polar surface area (TPSA) is 166 Å². The molecule has 0 amide bonds. The predicted octanol–water partition coefficient (Wildman–Crippen LogP) is 4.01. The van der Waals surface area contributed by atoms with E-state index in [4.69, 9.17) is 4.74 Å². The minimum absolute atomic E-state index is 0.0322. The molecule has 11 nitrogen and oxygen atoms in total. The van der Waals surface area contributed by atoms with Crippen LogP contribution in [0.4, 0.5) is 11.6 Å². The summed E-state index contributed by atoms with van der Waals surface area (Å²) in [6, 6.07) is 26.5. The van der Waals surface area contributed by atoms with E-state index in [9.17, 15) is 23.4 Å². The van der Waals surface area contributed by atoms with Gasteiger partial charge in [-0.25, -0.2) is 13.4 Å². The van der Waals surface area contributed by atoms with Crippen LogP contribution < -0.4 is 20.1 Å². The standard InChI is InChI=1S/C30H29N5O6S/c1-41-26-15-14-21(18-27(26)42(39,40)35-25(28(36)37)16-19-8-3-2-4-9-19)20-10-7-11-22(17-20)31-30(38)34-29-32-23-12-5-6-13-24(23)33-29/h2-15,17-18,25,30-31,35,38H,16H2,1H3,(H,36,37)(H2,32,33,34). The normalized spacial score (nSPS) is 12.9. The molecule has 2 atom stereocenters. The van der Waals surface area contributed by atoms with Crippen LogP contribution in [0.2, 0.25) is 0 Å². The molecule has 0 aliphatic rings. The number of aliphatic hydroxyl groups is 1. The van der Waals surface area contributed by atoms with Crippen molar-refractivity contribution in [2.75, 3.05) is 17.7 Å². The van der Waals surface area contributed by atoms with Crippen molar-refractivity contribution in [2.24, 2.45) is 0 Å². The molecule has 4 aromatic carbocycles. The summed E-state index contributed by atoms with van der Waals surface area (Å²) in [5, 5.41) is 26.1. The number of benzene rings is 4. The Hall–Kier alpha value is -4.91. The van der Waals surface area contributed by atoms with Gasteiger partial charge >= 0.3 is 5.97 Å². The average molecular weight is 588 g/mol. The second-order valence-electron chi connectivity index (χ2n) is 9.44. The summed E-state index contributed by atoms with van der Waals surface area (Å²) < 4.78 is 34.5. The molecule has 42 heavy (non-hydrogen) atoms. The smallest absolute Gasteiger partial charge is 0.322 e. The Balaban J connectivity index is 1.35. The molecule has 12 heteroatoms. The molecule has 216 valence electrons. The third-order valence-corrected chi connectivity index (χ3v) is 7.99. The number of nitrogens with one attached hydrogen (secondary N) is 4. The average Bonchev–Trinajstić information content (AvgIpc) is 3.39. The molecule has 0 aliphatic heterocycles. The number of carboxylic acids is 1. The van der Waals surface area contributed by atoms with Crippen LogP contribution in [0.1, 0.15) is 5.56 Å². The van der Waals surface area contributed by atoms with Gasteiger partial charge < -0.3 is 30.6 Å². The lowest BCUT2D eigenvalue weighted by molar-refractivity contribution is -0.138. The number of imidazole rings is 1. The Morgan fingerprint density at radius 1 is 0.929 bits per heavy atom. The number of aromatic amines is 1. The molecule has 6 N–H and O–H groups in total. The number of rotatable bonds is 12. The fourth-order valence-electron chi connectivity index (χ4n) is 4.48. The lowest BCUT2D eigenvalue weighted by atomic mass is 10.0. The first-order chi connectivity index (χ1) is 20.2. The molecule has 1 aromatic heterocycles. The van der Waals surface area contributed by atoms with Gasteiger partial charge in [0.05, 0.1) is 18.1 Å².